The first-order valence-corrected chi connectivity index (χ1v) is 14.9. The summed E-state index contributed by atoms with van der Waals surface area (Å²) < 4.78 is 6.52. The molecular weight excluding hydrogens is 552 g/mol. The topological polar surface area (TPSA) is 64.7 Å². The third-order valence-electron chi connectivity index (χ3n) is 8.32. The lowest BCUT2D eigenvalue weighted by molar-refractivity contribution is 0.623. The number of oxazole rings is 1. The SMILES string of the molecule is c1ccc(-c2nc(-c3ccccc3)nc(-c3ccc4c(c3)c3c5ccccc5ccc3c3oc(-c5ccccc5)nc43)n2)cc1. The monoisotopic (exact) mass is 576 g/mol. The molecule has 0 saturated heterocycles. The van der Waals surface area contributed by atoms with Crippen LogP contribution in [-0.4, -0.2) is 19.9 Å². The third-order valence-corrected chi connectivity index (χ3v) is 8.32. The molecule has 0 atom stereocenters. The van der Waals surface area contributed by atoms with Crippen LogP contribution in [-0.2, 0) is 0 Å². The number of hydrogen-bond acceptors (Lipinski definition) is 5. The fourth-order valence-corrected chi connectivity index (χ4v) is 6.17. The second kappa shape index (κ2) is 10.2. The van der Waals surface area contributed by atoms with Crippen LogP contribution in [0.5, 0.6) is 0 Å². The van der Waals surface area contributed by atoms with Crippen molar-refractivity contribution in [1.82, 2.24) is 19.9 Å². The molecule has 2 heterocycles. The van der Waals surface area contributed by atoms with Crippen LogP contribution in [0, 0.1) is 0 Å². The summed E-state index contributed by atoms with van der Waals surface area (Å²) in [5, 5.41) is 6.55. The van der Waals surface area contributed by atoms with Crippen LogP contribution in [0.2, 0.25) is 0 Å². The lowest BCUT2D eigenvalue weighted by atomic mass is 9.94. The van der Waals surface area contributed by atoms with Gasteiger partial charge in [-0.3, -0.25) is 0 Å². The number of rotatable bonds is 4. The first kappa shape index (κ1) is 25.3. The third kappa shape index (κ3) is 4.25. The zero-order valence-corrected chi connectivity index (χ0v) is 24.1. The van der Waals surface area contributed by atoms with Gasteiger partial charge < -0.3 is 4.42 Å². The Morgan fingerprint density at radius 3 is 1.60 bits per heavy atom. The van der Waals surface area contributed by atoms with Crippen molar-refractivity contribution < 1.29 is 4.42 Å². The Balaban J connectivity index is 1.35. The van der Waals surface area contributed by atoms with E-state index in [4.69, 9.17) is 24.4 Å². The quantitative estimate of drug-likeness (QED) is 0.195. The molecule has 0 aliphatic rings. The Hall–Kier alpha value is -6.20. The fourth-order valence-electron chi connectivity index (χ4n) is 6.17. The number of hydrogen-bond donors (Lipinski definition) is 0. The Morgan fingerprint density at radius 2 is 0.933 bits per heavy atom. The van der Waals surface area contributed by atoms with Gasteiger partial charge in [-0.1, -0.05) is 121 Å². The molecule has 0 N–H and O–H groups in total. The average Bonchev–Trinajstić information content (AvgIpc) is 3.58. The van der Waals surface area contributed by atoms with Gasteiger partial charge in [-0.05, 0) is 40.4 Å². The van der Waals surface area contributed by atoms with Gasteiger partial charge in [0, 0.05) is 38.4 Å². The van der Waals surface area contributed by atoms with Crippen molar-refractivity contribution in [1.29, 1.82) is 0 Å². The molecule has 9 aromatic rings. The van der Waals surface area contributed by atoms with Crippen LogP contribution >= 0.6 is 0 Å². The van der Waals surface area contributed by atoms with E-state index in [1.54, 1.807) is 0 Å². The Morgan fingerprint density at radius 1 is 0.378 bits per heavy atom. The molecule has 0 aliphatic carbocycles. The maximum Gasteiger partial charge on any atom is 0.227 e. The summed E-state index contributed by atoms with van der Waals surface area (Å²) in [4.78, 5) is 19.9. The maximum absolute atomic E-state index is 6.52. The van der Waals surface area contributed by atoms with Gasteiger partial charge in [-0.2, -0.15) is 0 Å². The second-order valence-corrected chi connectivity index (χ2v) is 11.1. The van der Waals surface area contributed by atoms with Gasteiger partial charge in [0.15, 0.2) is 23.1 Å². The van der Waals surface area contributed by atoms with Crippen LogP contribution in [0.1, 0.15) is 0 Å². The van der Waals surface area contributed by atoms with Crippen LogP contribution < -0.4 is 0 Å². The Kier molecular flexibility index (Phi) is 5.74. The predicted octanol–water partition coefficient (Wildman–Crippen LogP) is 10.1. The number of benzene rings is 7. The number of aromatic nitrogens is 4. The highest BCUT2D eigenvalue weighted by atomic mass is 16.3. The van der Waals surface area contributed by atoms with Gasteiger partial charge in [-0.25, -0.2) is 19.9 Å². The minimum atomic E-state index is 0.606. The van der Waals surface area contributed by atoms with Crippen molar-refractivity contribution in [3.8, 4) is 45.6 Å². The van der Waals surface area contributed by atoms with Gasteiger partial charge in [-0.15, -0.1) is 0 Å². The first-order chi connectivity index (χ1) is 22.3. The first-order valence-electron chi connectivity index (χ1n) is 14.9. The van der Waals surface area contributed by atoms with Crippen molar-refractivity contribution in [2.24, 2.45) is 0 Å². The van der Waals surface area contributed by atoms with Crippen LogP contribution in [0.15, 0.2) is 150 Å². The van der Waals surface area contributed by atoms with Crippen molar-refractivity contribution >= 4 is 43.4 Å². The van der Waals surface area contributed by atoms with E-state index >= 15 is 0 Å². The molecular formula is C40H24N4O. The molecule has 0 fully saturated rings. The molecule has 0 amide bonds. The maximum atomic E-state index is 6.52. The average molecular weight is 577 g/mol. The summed E-state index contributed by atoms with van der Waals surface area (Å²) in [6, 6.07) is 49.3. The molecule has 0 radical (unpaired) electrons. The van der Waals surface area contributed by atoms with Gasteiger partial charge >= 0.3 is 0 Å². The standard InChI is InChI=1S/C40H24N4O/c1-4-13-26(14-5-1)37-42-38(27-15-6-2-7-16-27)44-39(43-37)29-21-22-31-33(24-29)34-30-19-11-10-12-25(30)20-23-32(34)36-35(31)41-40(45-36)28-17-8-3-9-18-28/h1-24H. The summed E-state index contributed by atoms with van der Waals surface area (Å²) >= 11 is 0. The minimum absolute atomic E-state index is 0.606. The number of fused-ring (bicyclic) bond motifs is 8. The lowest BCUT2D eigenvalue weighted by Gasteiger charge is -2.12. The van der Waals surface area contributed by atoms with E-state index in [0.717, 1.165) is 65.7 Å². The van der Waals surface area contributed by atoms with E-state index < -0.39 is 0 Å². The normalized spacial score (nSPS) is 11.6. The van der Waals surface area contributed by atoms with E-state index in [1.807, 2.05) is 91.0 Å². The van der Waals surface area contributed by atoms with Crippen molar-refractivity contribution in [3.63, 3.8) is 0 Å². The van der Waals surface area contributed by atoms with E-state index in [-0.39, 0.29) is 0 Å². The molecule has 0 spiro atoms. The molecule has 2 aromatic heterocycles. The van der Waals surface area contributed by atoms with Gasteiger partial charge in [0.2, 0.25) is 5.89 Å². The highest BCUT2D eigenvalue weighted by Gasteiger charge is 2.19. The zero-order chi connectivity index (χ0) is 29.7. The van der Waals surface area contributed by atoms with E-state index in [0.29, 0.717) is 23.4 Å². The predicted molar refractivity (Wildman–Crippen MR) is 182 cm³/mol. The molecule has 45 heavy (non-hydrogen) atoms. The molecule has 0 aliphatic heterocycles. The summed E-state index contributed by atoms with van der Waals surface area (Å²) in [6.45, 7) is 0. The van der Waals surface area contributed by atoms with Crippen LogP contribution in [0.25, 0.3) is 89.0 Å². The zero-order valence-electron chi connectivity index (χ0n) is 24.1. The van der Waals surface area contributed by atoms with Crippen molar-refractivity contribution in [2.45, 2.75) is 0 Å². The smallest absolute Gasteiger partial charge is 0.227 e. The summed E-state index contributed by atoms with van der Waals surface area (Å²) in [5.74, 6) is 2.49. The molecule has 5 heteroatoms. The number of nitrogens with zero attached hydrogens (tertiary/aromatic N) is 4. The Bertz CT molecular complexity index is 2470. The summed E-state index contributed by atoms with van der Waals surface area (Å²) in [5.41, 5.74) is 5.34. The molecule has 9 rings (SSSR count). The highest BCUT2D eigenvalue weighted by Crippen LogP contribution is 2.41. The van der Waals surface area contributed by atoms with E-state index in [2.05, 4.69) is 54.6 Å². The van der Waals surface area contributed by atoms with Crippen molar-refractivity contribution in [2.75, 3.05) is 0 Å². The van der Waals surface area contributed by atoms with Crippen LogP contribution in [0.4, 0.5) is 0 Å². The van der Waals surface area contributed by atoms with Crippen molar-refractivity contribution in [3.05, 3.63) is 146 Å². The van der Waals surface area contributed by atoms with Crippen LogP contribution in [0.3, 0.4) is 0 Å². The van der Waals surface area contributed by atoms with Gasteiger partial charge in [0.05, 0.1) is 0 Å². The Labute approximate surface area is 258 Å². The summed E-state index contributed by atoms with van der Waals surface area (Å²) in [6.07, 6.45) is 0. The molecule has 210 valence electrons. The van der Waals surface area contributed by atoms with E-state index in [1.165, 1.54) is 0 Å². The lowest BCUT2D eigenvalue weighted by Crippen LogP contribution is -2.00. The van der Waals surface area contributed by atoms with E-state index in [9.17, 15) is 0 Å². The highest BCUT2D eigenvalue weighted by molar-refractivity contribution is 6.30. The van der Waals surface area contributed by atoms with Gasteiger partial charge in [0.1, 0.15) is 5.52 Å². The van der Waals surface area contributed by atoms with Gasteiger partial charge in [0.25, 0.3) is 0 Å². The molecule has 7 aromatic carbocycles. The molecule has 0 unspecified atom stereocenters. The molecule has 5 nitrogen and oxygen atoms in total. The second-order valence-electron chi connectivity index (χ2n) is 11.1. The molecule has 0 bridgehead atoms. The molecule has 0 saturated carbocycles. The summed E-state index contributed by atoms with van der Waals surface area (Å²) in [7, 11) is 0. The largest absolute Gasteiger partial charge is 0.435 e. The fraction of sp³-hybridized carbons (Fsp3) is 0. The minimum Gasteiger partial charge on any atom is -0.435 e.